The number of nitrogens with two attached hydrogens (primary N) is 1. The minimum atomic E-state index is -0.0276. The van der Waals surface area contributed by atoms with Crippen molar-refractivity contribution in [3.8, 4) is 0 Å². The molecule has 6 nitrogen and oxygen atoms in total. The highest BCUT2D eigenvalue weighted by molar-refractivity contribution is 5.99. The fourth-order valence-corrected chi connectivity index (χ4v) is 2.68. The van der Waals surface area contributed by atoms with Crippen LogP contribution in [0.25, 0.3) is 0 Å². The Labute approximate surface area is 130 Å². The third kappa shape index (κ3) is 3.57. The number of para-hydroxylation sites is 1. The molecule has 3 rings (SSSR count). The summed E-state index contributed by atoms with van der Waals surface area (Å²) in [6.07, 6.45) is 2.21. The number of hydrogen-bond donors (Lipinski definition) is 2. The summed E-state index contributed by atoms with van der Waals surface area (Å²) in [7, 11) is 0. The van der Waals surface area contributed by atoms with Gasteiger partial charge in [-0.15, -0.1) is 0 Å². The number of nitrogens with one attached hydrogen (secondary N) is 1. The van der Waals surface area contributed by atoms with Gasteiger partial charge in [-0.3, -0.25) is 14.5 Å². The molecule has 0 unspecified atom stereocenters. The lowest BCUT2D eigenvalue weighted by atomic mass is 10.1. The van der Waals surface area contributed by atoms with Gasteiger partial charge in [0.15, 0.2) is 0 Å². The molecule has 2 fully saturated rings. The fourth-order valence-electron chi connectivity index (χ4n) is 2.68. The Kier molecular flexibility index (Phi) is 4.29. The van der Waals surface area contributed by atoms with Crippen LogP contribution in [0.5, 0.6) is 0 Å². The molecule has 1 heterocycles. The third-order valence-electron chi connectivity index (χ3n) is 4.16. The summed E-state index contributed by atoms with van der Waals surface area (Å²) in [6.45, 7) is 3.12. The smallest absolute Gasteiger partial charge is 0.256 e. The zero-order chi connectivity index (χ0) is 15.5. The predicted molar refractivity (Wildman–Crippen MR) is 84.4 cm³/mol. The summed E-state index contributed by atoms with van der Waals surface area (Å²) >= 11 is 0. The molecule has 1 saturated carbocycles. The molecule has 1 aromatic carbocycles. The van der Waals surface area contributed by atoms with E-state index in [1.54, 1.807) is 17.0 Å². The second-order valence-electron chi connectivity index (χ2n) is 6.00. The van der Waals surface area contributed by atoms with E-state index >= 15 is 0 Å². The van der Waals surface area contributed by atoms with Crippen LogP contribution in [0.2, 0.25) is 0 Å². The highest BCUT2D eigenvalue weighted by Crippen LogP contribution is 2.18. The first kappa shape index (κ1) is 14.8. The number of carbonyl (C=O) groups is 2. The number of benzene rings is 1. The maximum atomic E-state index is 12.5. The van der Waals surface area contributed by atoms with Gasteiger partial charge in [0.1, 0.15) is 0 Å². The molecule has 0 aromatic heterocycles. The highest BCUT2D eigenvalue weighted by Gasteiger charge is 2.27. The van der Waals surface area contributed by atoms with Crippen LogP contribution in [0, 0.1) is 0 Å². The van der Waals surface area contributed by atoms with Crippen LogP contribution in [0.3, 0.4) is 0 Å². The number of rotatable bonds is 4. The molecule has 0 bridgehead atoms. The summed E-state index contributed by atoms with van der Waals surface area (Å²) in [4.78, 5) is 28.1. The second kappa shape index (κ2) is 6.36. The van der Waals surface area contributed by atoms with Gasteiger partial charge in [-0.2, -0.15) is 0 Å². The van der Waals surface area contributed by atoms with Crippen molar-refractivity contribution in [2.75, 3.05) is 38.5 Å². The van der Waals surface area contributed by atoms with Crippen LogP contribution in [0.15, 0.2) is 24.3 Å². The Hall–Kier alpha value is -2.08. The standard InChI is InChI=1S/C16H22N4O2/c17-14-4-2-1-3-13(14)16(22)20-9-7-19(8-10-20)11-15(21)18-12-5-6-12/h1-4,12H,5-11,17H2,(H,18,21). The average Bonchev–Trinajstić information content (AvgIpc) is 3.31. The Bertz CT molecular complexity index is 563. The largest absolute Gasteiger partial charge is 0.398 e. The van der Waals surface area contributed by atoms with Crippen LogP contribution in [-0.2, 0) is 4.79 Å². The number of anilines is 1. The van der Waals surface area contributed by atoms with Crippen molar-refractivity contribution in [1.29, 1.82) is 0 Å². The van der Waals surface area contributed by atoms with Gasteiger partial charge in [0, 0.05) is 37.9 Å². The van der Waals surface area contributed by atoms with E-state index in [0.29, 0.717) is 36.9 Å². The molecule has 2 aliphatic rings. The number of hydrogen-bond acceptors (Lipinski definition) is 4. The van der Waals surface area contributed by atoms with Crippen molar-refractivity contribution < 1.29 is 9.59 Å². The molecule has 1 aromatic rings. The Morgan fingerprint density at radius 3 is 2.45 bits per heavy atom. The topological polar surface area (TPSA) is 78.7 Å². The lowest BCUT2D eigenvalue weighted by molar-refractivity contribution is -0.122. The Balaban J connectivity index is 1.49. The van der Waals surface area contributed by atoms with Crippen molar-refractivity contribution in [2.45, 2.75) is 18.9 Å². The molecular formula is C16H22N4O2. The van der Waals surface area contributed by atoms with Crippen LogP contribution >= 0.6 is 0 Å². The minimum absolute atomic E-state index is 0.0276. The molecule has 1 saturated heterocycles. The van der Waals surface area contributed by atoms with Gasteiger partial charge >= 0.3 is 0 Å². The molecule has 3 N–H and O–H groups in total. The van der Waals surface area contributed by atoms with Crippen molar-refractivity contribution >= 4 is 17.5 Å². The van der Waals surface area contributed by atoms with Crippen LogP contribution < -0.4 is 11.1 Å². The van der Waals surface area contributed by atoms with Crippen LogP contribution in [0.1, 0.15) is 23.2 Å². The average molecular weight is 302 g/mol. The first-order valence-corrected chi connectivity index (χ1v) is 7.79. The molecule has 0 atom stereocenters. The van der Waals surface area contributed by atoms with Crippen LogP contribution in [0.4, 0.5) is 5.69 Å². The van der Waals surface area contributed by atoms with Gasteiger partial charge in [-0.25, -0.2) is 0 Å². The van der Waals surface area contributed by atoms with Crippen molar-refractivity contribution in [3.05, 3.63) is 29.8 Å². The summed E-state index contributed by atoms with van der Waals surface area (Å²) in [5.41, 5.74) is 6.93. The van der Waals surface area contributed by atoms with E-state index in [2.05, 4.69) is 10.2 Å². The van der Waals surface area contributed by atoms with Gasteiger partial charge < -0.3 is 16.0 Å². The van der Waals surface area contributed by atoms with Gasteiger partial charge in [-0.1, -0.05) is 12.1 Å². The highest BCUT2D eigenvalue weighted by atomic mass is 16.2. The summed E-state index contributed by atoms with van der Waals surface area (Å²) < 4.78 is 0. The van der Waals surface area contributed by atoms with Crippen molar-refractivity contribution in [1.82, 2.24) is 15.1 Å². The quantitative estimate of drug-likeness (QED) is 0.784. The van der Waals surface area contributed by atoms with E-state index in [1.807, 2.05) is 12.1 Å². The van der Waals surface area contributed by atoms with Gasteiger partial charge in [0.25, 0.3) is 5.91 Å². The van der Waals surface area contributed by atoms with E-state index in [4.69, 9.17) is 5.73 Å². The zero-order valence-corrected chi connectivity index (χ0v) is 12.6. The first-order valence-electron chi connectivity index (χ1n) is 7.79. The Morgan fingerprint density at radius 1 is 1.14 bits per heavy atom. The molecule has 1 aliphatic heterocycles. The number of carbonyl (C=O) groups excluding carboxylic acids is 2. The summed E-state index contributed by atoms with van der Waals surface area (Å²) in [5.74, 6) is 0.0646. The van der Waals surface area contributed by atoms with E-state index in [0.717, 1.165) is 25.9 Å². The van der Waals surface area contributed by atoms with E-state index in [9.17, 15) is 9.59 Å². The first-order chi connectivity index (χ1) is 10.6. The third-order valence-corrected chi connectivity index (χ3v) is 4.16. The molecule has 22 heavy (non-hydrogen) atoms. The monoisotopic (exact) mass is 302 g/mol. The molecule has 0 spiro atoms. The summed E-state index contributed by atoms with van der Waals surface area (Å²) in [5, 5.41) is 2.99. The zero-order valence-electron chi connectivity index (χ0n) is 12.6. The molecule has 2 amide bonds. The van der Waals surface area contributed by atoms with Crippen molar-refractivity contribution in [2.24, 2.45) is 0 Å². The number of amides is 2. The Morgan fingerprint density at radius 2 is 1.82 bits per heavy atom. The molecule has 1 aliphatic carbocycles. The van der Waals surface area contributed by atoms with E-state index < -0.39 is 0 Å². The molecular weight excluding hydrogens is 280 g/mol. The molecule has 6 heteroatoms. The normalized spacial score (nSPS) is 19.0. The van der Waals surface area contributed by atoms with E-state index in [-0.39, 0.29) is 11.8 Å². The maximum absolute atomic E-state index is 12.5. The fraction of sp³-hybridized carbons (Fsp3) is 0.500. The predicted octanol–water partition coefficient (Wildman–Crippen LogP) is 0.305. The molecule has 0 radical (unpaired) electrons. The van der Waals surface area contributed by atoms with Gasteiger partial charge in [0.05, 0.1) is 12.1 Å². The summed E-state index contributed by atoms with van der Waals surface area (Å²) in [6, 6.07) is 7.54. The van der Waals surface area contributed by atoms with E-state index in [1.165, 1.54) is 0 Å². The van der Waals surface area contributed by atoms with Crippen LogP contribution in [-0.4, -0.2) is 60.4 Å². The SMILES string of the molecule is Nc1ccccc1C(=O)N1CCN(CC(=O)NC2CC2)CC1. The number of nitrogens with zero attached hydrogens (tertiary/aromatic N) is 2. The number of nitrogen functional groups attached to an aromatic ring is 1. The second-order valence-corrected chi connectivity index (χ2v) is 6.00. The minimum Gasteiger partial charge on any atom is -0.398 e. The van der Waals surface area contributed by atoms with Gasteiger partial charge in [0.2, 0.25) is 5.91 Å². The van der Waals surface area contributed by atoms with Gasteiger partial charge in [-0.05, 0) is 25.0 Å². The number of piperazine rings is 1. The lowest BCUT2D eigenvalue weighted by Gasteiger charge is -2.34. The molecule has 118 valence electrons. The lowest BCUT2D eigenvalue weighted by Crippen LogP contribution is -2.51. The maximum Gasteiger partial charge on any atom is 0.256 e. The van der Waals surface area contributed by atoms with Crippen molar-refractivity contribution in [3.63, 3.8) is 0 Å².